The number of methoxy groups -OCH3 is 1. The van der Waals surface area contributed by atoms with Gasteiger partial charge in [0.05, 0.1) is 29.6 Å². The van der Waals surface area contributed by atoms with Gasteiger partial charge in [-0.1, -0.05) is 36.4 Å². The predicted molar refractivity (Wildman–Crippen MR) is 143 cm³/mol. The molecule has 0 fully saturated rings. The Balaban J connectivity index is 1.83. The smallest absolute Gasteiger partial charge is 0.337 e. The molecule has 3 aromatic carbocycles. The minimum Gasteiger partial charge on any atom is -0.481 e. The number of fused-ring (bicyclic) bond motifs is 1. The fraction of sp³-hybridized carbons (Fsp3) is 0.207. The number of benzene rings is 3. The third-order valence-corrected chi connectivity index (χ3v) is 5.97. The monoisotopic (exact) mass is 499 g/mol. The molecule has 8 nitrogen and oxygen atoms in total. The number of ether oxygens (including phenoxy) is 1. The van der Waals surface area contributed by atoms with E-state index in [1.807, 2.05) is 62.6 Å². The molecule has 1 aliphatic heterocycles. The number of nitrogens with zero attached hydrogens (tertiary/aromatic N) is 1. The van der Waals surface area contributed by atoms with E-state index < -0.39 is 11.9 Å². The van der Waals surface area contributed by atoms with Gasteiger partial charge in [0, 0.05) is 24.2 Å². The molecule has 3 N–H and O–H groups in total. The molecule has 0 aromatic heterocycles. The molecule has 1 heterocycles. The number of hydrogen-bond donors (Lipinski definition) is 3. The van der Waals surface area contributed by atoms with Crippen LogP contribution in [0.15, 0.2) is 66.7 Å². The fourth-order valence-corrected chi connectivity index (χ4v) is 4.34. The van der Waals surface area contributed by atoms with Gasteiger partial charge in [0.15, 0.2) is 0 Å². The van der Waals surface area contributed by atoms with E-state index in [1.165, 1.54) is 7.11 Å². The molecule has 0 radical (unpaired) electrons. The summed E-state index contributed by atoms with van der Waals surface area (Å²) in [6.45, 7) is 0.756. The van der Waals surface area contributed by atoms with Crippen molar-refractivity contribution in [3.05, 3.63) is 94.5 Å². The zero-order chi connectivity index (χ0) is 26.5. The van der Waals surface area contributed by atoms with E-state index >= 15 is 0 Å². The maximum Gasteiger partial charge on any atom is 0.337 e. The Morgan fingerprint density at radius 2 is 1.73 bits per heavy atom. The number of anilines is 2. The lowest BCUT2D eigenvalue weighted by molar-refractivity contribution is -0.137. The first-order chi connectivity index (χ1) is 17.7. The highest BCUT2D eigenvalue weighted by Gasteiger charge is 2.29. The summed E-state index contributed by atoms with van der Waals surface area (Å²) < 4.78 is 4.82. The van der Waals surface area contributed by atoms with Crippen molar-refractivity contribution >= 4 is 40.5 Å². The number of carboxylic acid groups (broad SMARTS) is 1. The van der Waals surface area contributed by atoms with Crippen LogP contribution in [0, 0.1) is 0 Å². The maximum absolute atomic E-state index is 13.3. The summed E-state index contributed by atoms with van der Waals surface area (Å²) in [5.41, 5.74) is 6.03. The lowest BCUT2D eigenvalue weighted by Gasteiger charge is -2.17. The van der Waals surface area contributed by atoms with Crippen LogP contribution in [0.1, 0.15) is 39.0 Å². The summed E-state index contributed by atoms with van der Waals surface area (Å²) in [4.78, 5) is 38.5. The second-order valence-corrected chi connectivity index (χ2v) is 9.11. The first-order valence-electron chi connectivity index (χ1n) is 11.9. The molecule has 0 bridgehead atoms. The summed E-state index contributed by atoms with van der Waals surface area (Å²) in [7, 11) is 5.31. The molecule has 0 saturated carbocycles. The Hall–Kier alpha value is -4.43. The van der Waals surface area contributed by atoms with Crippen molar-refractivity contribution in [1.82, 2.24) is 4.90 Å². The second-order valence-electron chi connectivity index (χ2n) is 9.11. The van der Waals surface area contributed by atoms with Crippen molar-refractivity contribution in [3.8, 4) is 0 Å². The minimum absolute atomic E-state index is 0.00892. The SMILES string of the molecule is COC(=O)c1ccc2c(c1)NC(=O)C2=C(Nc1cccc(CN(C)C)c1)c1cccc(CCC(=O)O)c1. The van der Waals surface area contributed by atoms with Crippen molar-refractivity contribution in [3.63, 3.8) is 0 Å². The predicted octanol–water partition coefficient (Wildman–Crippen LogP) is 4.48. The summed E-state index contributed by atoms with van der Waals surface area (Å²) in [5, 5.41) is 15.4. The Morgan fingerprint density at radius 3 is 2.46 bits per heavy atom. The number of carboxylic acids is 1. The Bertz CT molecular complexity index is 1390. The fourth-order valence-electron chi connectivity index (χ4n) is 4.34. The summed E-state index contributed by atoms with van der Waals surface area (Å²) in [6.07, 6.45) is 0.379. The van der Waals surface area contributed by atoms with Gasteiger partial charge in [-0.2, -0.15) is 0 Å². The molecule has 0 spiro atoms. The molecule has 3 aromatic rings. The lowest BCUT2D eigenvalue weighted by Crippen LogP contribution is -2.12. The summed E-state index contributed by atoms with van der Waals surface area (Å²) in [6, 6.07) is 20.4. The zero-order valence-corrected chi connectivity index (χ0v) is 21.0. The van der Waals surface area contributed by atoms with Crippen LogP contribution in [0.25, 0.3) is 11.3 Å². The van der Waals surface area contributed by atoms with Crippen LogP contribution < -0.4 is 10.6 Å². The van der Waals surface area contributed by atoms with Gasteiger partial charge in [-0.3, -0.25) is 9.59 Å². The van der Waals surface area contributed by atoms with E-state index in [-0.39, 0.29) is 12.3 Å². The van der Waals surface area contributed by atoms with E-state index in [4.69, 9.17) is 9.84 Å². The standard InChI is InChI=1S/C29H29N3O5/c1-32(2)17-19-7-5-9-22(15-19)30-27(20-8-4-6-18(14-20)10-13-25(33)34)26-23-12-11-21(29(36)37-3)16-24(23)31-28(26)35/h4-9,11-12,14-16,30H,10,13,17H2,1-3H3,(H,31,35)(H,33,34). The van der Waals surface area contributed by atoms with Gasteiger partial charge >= 0.3 is 11.9 Å². The van der Waals surface area contributed by atoms with Crippen molar-refractivity contribution in [2.24, 2.45) is 0 Å². The number of carbonyl (C=O) groups excluding carboxylic acids is 2. The van der Waals surface area contributed by atoms with Crippen LogP contribution >= 0.6 is 0 Å². The normalized spacial score (nSPS) is 13.7. The number of carbonyl (C=O) groups is 3. The van der Waals surface area contributed by atoms with Crippen LogP contribution in [0.3, 0.4) is 0 Å². The number of esters is 1. The molecule has 4 rings (SSSR count). The molecule has 0 aliphatic carbocycles. The van der Waals surface area contributed by atoms with E-state index in [0.29, 0.717) is 34.5 Å². The molecule has 37 heavy (non-hydrogen) atoms. The number of nitrogens with one attached hydrogen (secondary N) is 2. The molecule has 0 atom stereocenters. The molecule has 0 saturated heterocycles. The van der Waals surface area contributed by atoms with E-state index in [2.05, 4.69) is 15.5 Å². The topological polar surface area (TPSA) is 108 Å². The van der Waals surface area contributed by atoms with Crippen LogP contribution in [0.2, 0.25) is 0 Å². The molecule has 1 amide bonds. The maximum atomic E-state index is 13.3. The first-order valence-corrected chi connectivity index (χ1v) is 11.9. The van der Waals surface area contributed by atoms with Gasteiger partial charge in [-0.15, -0.1) is 0 Å². The third-order valence-electron chi connectivity index (χ3n) is 5.97. The number of aliphatic carboxylic acids is 1. The molecule has 0 unspecified atom stereocenters. The highest BCUT2D eigenvalue weighted by molar-refractivity contribution is 6.37. The van der Waals surface area contributed by atoms with Crippen molar-refractivity contribution in [1.29, 1.82) is 0 Å². The number of amides is 1. The Kier molecular flexibility index (Phi) is 7.69. The van der Waals surface area contributed by atoms with Crippen molar-refractivity contribution in [2.45, 2.75) is 19.4 Å². The lowest BCUT2D eigenvalue weighted by atomic mass is 9.97. The molecule has 1 aliphatic rings. The van der Waals surface area contributed by atoms with Gasteiger partial charge in [0.2, 0.25) is 0 Å². The number of rotatable bonds is 9. The molecular formula is C29H29N3O5. The van der Waals surface area contributed by atoms with Crippen molar-refractivity contribution in [2.75, 3.05) is 31.8 Å². The summed E-state index contributed by atoms with van der Waals surface area (Å²) in [5.74, 6) is -1.66. The molecule has 8 heteroatoms. The average molecular weight is 500 g/mol. The molecule has 190 valence electrons. The first kappa shape index (κ1) is 25.7. The highest BCUT2D eigenvalue weighted by atomic mass is 16.5. The Morgan fingerprint density at radius 1 is 0.973 bits per heavy atom. The zero-order valence-electron chi connectivity index (χ0n) is 21.0. The number of hydrogen-bond acceptors (Lipinski definition) is 6. The van der Waals surface area contributed by atoms with Crippen LogP contribution in [-0.2, 0) is 27.3 Å². The van der Waals surface area contributed by atoms with Crippen LogP contribution in [0.5, 0.6) is 0 Å². The van der Waals surface area contributed by atoms with Crippen LogP contribution in [0.4, 0.5) is 11.4 Å². The average Bonchev–Trinajstić information content (AvgIpc) is 3.20. The minimum atomic E-state index is -0.870. The van der Waals surface area contributed by atoms with Crippen molar-refractivity contribution < 1.29 is 24.2 Å². The van der Waals surface area contributed by atoms with Crippen LogP contribution in [-0.4, -0.2) is 49.1 Å². The quantitative estimate of drug-likeness (QED) is 0.294. The van der Waals surface area contributed by atoms with E-state index in [1.54, 1.807) is 18.2 Å². The number of aryl methyl sites for hydroxylation is 1. The summed E-state index contributed by atoms with van der Waals surface area (Å²) >= 11 is 0. The van der Waals surface area contributed by atoms with E-state index in [9.17, 15) is 14.4 Å². The van der Waals surface area contributed by atoms with Gasteiger partial charge in [-0.05, 0) is 67.5 Å². The Labute approximate surface area is 215 Å². The van der Waals surface area contributed by atoms with Gasteiger partial charge in [-0.25, -0.2) is 4.79 Å². The van der Waals surface area contributed by atoms with Gasteiger partial charge in [0.25, 0.3) is 5.91 Å². The van der Waals surface area contributed by atoms with Gasteiger partial charge in [0.1, 0.15) is 0 Å². The second kappa shape index (κ2) is 11.1. The molecular weight excluding hydrogens is 470 g/mol. The third kappa shape index (κ3) is 6.05. The van der Waals surface area contributed by atoms with Gasteiger partial charge < -0.3 is 25.4 Å². The highest BCUT2D eigenvalue weighted by Crippen LogP contribution is 2.38. The van der Waals surface area contributed by atoms with E-state index in [0.717, 1.165) is 28.9 Å². The largest absolute Gasteiger partial charge is 0.481 e.